The van der Waals surface area contributed by atoms with Crippen LogP contribution in [0.1, 0.15) is 33.4 Å². The molecule has 0 aliphatic rings. The zero-order chi connectivity index (χ0) is 14.7. The van der Waals surface area contributed by atoms with Crippen molar-refractivity contribution in [2.45, 2.75) is 52.1 Å². The van der Waals surface area contributed by atoms with E-state index in [0.717, 1.165) is 6.92 Å². The van der Waals surface area contributed by atoms with Gasteiger partial charge in [-0.05, 0) is 27.7 Å². The normalized spacial score (nSPS) is 14.3. The Labute approximate surface area is 110 Å². The van der Waals surface area contributed by atoms with Crippen LogP contribution in [0.5, 0.6) is 5.88 Å². The minimum Gasteiger partial charge on any atom is -0.464 e. The topological polar surface area (TPSA) is 47.0 Å². The number of rotatable bonds is 4. The average Bonchev–Trinajstić information content (AvgIpc) is 2.26. The first-order chi connectivity index (χ1) is 8.58. The van der Waals surface area contributed by atoms with Crippen molar-refractivity contribution in [3.05, 3.63) is 18.1 Å². The van der Waals surface area contributed by atoms with E-state index in [1.807, 2.05) is 20.8 Å². The molecule has 0 spiro atoms. The van der Waals surface area contributed by atoms with Crippen LogP contribution in [0, 0.1) is 0 Å². The summed E-state index contributed by atoms with van der Waals surface area (Å²) in [6.45, 7) is 7.43. The first-order valence-corrected chi connectivity index (χ1v) is 5.87. The maximum Gasteiger partial charge on any atom is 0.425 e. The summed E-state index contributed by atoms with van der Waals surface area (Å²) in [5.74, 6) is -0.135. The molecule has 1 unspecified atom stereocenters. The number of nitrogens with one attached hydrogen (secondary N) is 1. The molecular formula is C12H18F3N3O. The van der Waals surface area contributed by atoms with Gasteiger partial charge in [-0.25, -0.2) is 4.98 Å². The molecule has 0 aliphatic heterocycles. The molecule has 0 fully saturated rings. The van der Waals surface area contributed by atoms with Crippen LogP contribution in [-0.2, 0) is 6.54 Å². The van der Waals surface area contributed by atoms with Gasteiger partial charge in [0.15, 0.2) is 6.10 Å². The second-order valence-electron chi connectivity index (χ2n) is 5.25. The van der Waals surface area contributed by atoms with Crippen LogP contribution in [-0.4, -0.2) is 27.8 Å². The highest BCUT2D eigenvalue weighted by atomic mass is 19.4. The lowest BCUT2D eigenvalue weighted by Gasteiger charge is -2.20. The van der Waals surface area contributed by atoms with Crippen molar-refractivity contribution in [1.29, 1.82) is 0 Å². The van der Waals surface area contributed by atoms with Gasteiger partial charge in [0.25, 0.3) is 0 Å². The van der Waals surface area contributed by atoms with Crippen LogP contribution in [0.3, 0.4) is 0 Å². The van der Waals surface area contributed by atoms with Crippen molar-refractivity contribution in [1.82, 2.24) is 15.3 Å². The molecule has 19 heavy (non-hydrogen) atoms. The average molecular weight is 277 g/mol. The van der Waals surface area contributed by atoms with E-state index in [4.69, 9.17) is 0 Å². The Morgan fingerprint density at radius 3 is 2.26 bits per heavy atom. The summed E-state index contributed by atoms with van der Waals surface area (Å²) in [6, 6.07) is 0. The van der Waals surface area contributed by atoms with Crippen molar-refractivity contribution in [3.63, 3.8) is 0 Å². The fourth-order valence-electron chi connectivity index (χ4n) is 1.10. The van der Waals surface area contributed by atoms with Crippen molar-refractivity contribution < 1.29 is 17.9 Å². The van der Waals surface area contributed by atoms with Gasteiger partial charge in [-0.1, -0.05) is 0 Å². The van der Waals surface area contributed by atoms with Crippen LogP contribution in [0.15, 0.2) is 12.4 Å². The standard InChI is InChI=1S/C12H18F3N3O/c1-8(12(13,14)15)19-10-7-16-9(5-17-10)6-18-11(2,3)4/h5,7-8,18H,6H2,1-4H3. The highest BCUT2D eigenvalue weighted by Gasteiger charge is 2.38. The molecular weight excluding hydrogens is 259 g/mol. The smallest absolute Gasteiger partial charge is 0.425 e. The Balaban J connectivity index is 2.57. The molecule has 0 radical (unpaired) electrons. The summed E-state index contributed by atoms with van der Waals surface area (Å²) in [6.07, 6.45) is -3.71. The summed E-state index contributed by atoms with van der Waals surface area (Å²) >= 11 is 0. The van der Waals surface area contributed by atoms with E-state index in [0.29, 0.717) is 12.2 Å². The van der Waals surface area contributed by atoms with E-state index in [2.05, 4.69) is 20.0 Å². The Morgan fingerprint density at radius 2 is 1.84 bits per heavy atom. The van der Waals surface area contributed by atoms with Gasteiger partial charge in [-0.15, -0.1) is 0 Å². The lowest BCUT2D eigenvalue weighted by Crippen LogP contribution is -2.35. The predicted octanol–water partition coefficient (Wildman–Crippen LogP) is 2.69. The fraction of sp³-hybridized carbons (Fsp3) is 0.667. The summed E-state index contributed by atoms with van der Waals surface area (Å²) in [5, 5.41) is 3.20. The molecule has 0 aromatic carbocycles. The van der Waals surface area contributed by atoms with Crippen molar-refractivity contribution in [3.8, 4) is 5.88 Å². The highest BCUT2D eigenvalue weighted by Crippen LogP contribution is 2.23. The lowest BCUT2D eigenvalue weighted by atomic mass is 10.1. The van der Waals surface area contributed by atoms with Gasteiger partial charge in [-0.3, -0.25) is 4.98 Å². The molecule has 0 saturated heterocycles. The third-order valence-corrected chi connectivity index (χ3v) is 2.24. The van der Waals surface area contributed by atoms with Crippen LogP contribution < -0.4 is 10.1 Å². The van der Waals surface area contributed by atoms with Crippen molar-refractivity contribution in [2.24, 2.45) is 0 Å². The van der Waals surface area contributed by atoms with Crippen molar-refractivity contribution >= 4 is 0 Å². The van der Waals surface area contributed by atoms with Gasteiger partial charge in [-0.2, -0.15) is 13.2 Å². The molecule has 0 amide bonds. The maximum atomic E-state index is 12.3. The number of halogens is 3. The summed E-state index contributed by atoms with van der Waals surface area (Å²) in [5.41, 5.74) is 0.573. The molecule has 108 valence electrons. The Kier molecular flexibility index (Phi) is 4.73. The second-order valence-corrected chi connectivity index (χ2v) is 5.25. The highest BCUT2D eigenvalue weighted by molar-refractivity contribution is 5.08. The molecule has 0 aliphatic carbocycles. The van der Waals surface area contributed by atoms with E-state index < -0.39 is 12.3 Å². The summed E-state index contributed by atoms with van der Waals surface area (Å²) < 4.78 is 41.5. The van der Waals surface area contributed by atoms with E-state index in [-0.39, 0.29) is 11.4 Å². The molecule has 0 bridgehead atoms. The quantitative estimate of drug-likeness (QED) is 0.919. The van der Waals surface area contributed by atoms with Gasteiger partial charge in [0.1, 0.15) is 0 Å². The Morgan fingerprint density at radius 1 is 1.21 bits per heavy atom. The van der Waals surface area contributed by atoms with Crippen LogP contribution in [0.2, 0.25) is 0 Å². The minimum atomic E-state index is -4.41. The number of alkyl halides is 3. The lowest BCUT2D eigenvalue weighted by molar-refractivity contribution is -0.190. The van der Waals surface area contributed by atoms with Gasteiger partial charge in [0.05, 0.1) is 18.1 Å². The molecule has 1 rings (SSSR count). The number of aromatic nitrogens is 2. The minimum absolute atomic E-state index is 0.0678. The number of hydrogen-bond acceptors (Lipinski definition) is 4. The largest absolute Gasteiger partial charge is 0.464 e. The molecule has 1 atom stereocenters. The summed E-state index contributed by atoms with van der Waals surface area (Å²) in [4.78, 5) is 7.81. The third-order valence-electron chi connectivity index (χ3n) is 2.24. The molecule has 1 aromatic rings. The molecule has 7 heteroatoms. The zero-order valence-electron chi connectivity index (χ0n) is 11.4. The van der Waals surface area contributed by atoms with Crippen LogP contribution >= 0.6 is 0 Å². The van der Waals surface area contributed by atoms with Gasteiger partial charge in [0.2, 0.25) is 5.88 Å². The Hall–Kier alpha value is -1.37. The maximum absolute atomic E-state index is 12.3. The number of ether oxygens (including phenoxy) is 1. The molecule has 1 aromatic heterocycles. The van der Waals surface area contributed by atoms with E-state index >= 15 is 0 Å². The van der Waals surface area contributed by atoms with Gasteiger partial charge >= 0.3 is 6.18 Å². The predicted molar refractivity (Wildman–Crippen MR) is 64.8 cm³/mol. The van der Waals surface area contributed by atoms with Crippen LogP contribution in [0.4, 0.5) is 13.2 Å². The van der Waals surface area contributed by atoms with E-state index in [9.17, 15) is 13.2 Å². The third kappa shape index (κ3) is 5.87. The monoisotopic (exact) mass is 277 g/mol. The fourth-order valence-corrected chi connectivity index (χ4v) is 1.10. The summed E-state index contributed by atoms with van der Waals surface area (Å²) in [7, 11) is 0. The van der Waals surface area contributed by atoms with E-state index in [1.54, 1.807) is 0 Å². The molecule has 1 N–H and O–H groups in total. The number of hydrogen-bond donors (Lipinski definition) is 1. The zero-order valence-corrected chi connectivity index (χ0v) is 11.4. The van der Waals surface area contributed by atoms with Gasteiger partial charge < -0.3 is 10.1 Å². The molecule has 0 saturated carbocycles. The van der Waals surface area contributed by atoms with E-state index in [1.165, 1.54) is 12.4 Å². The van der Waals surface area contributed by atoms with Gasteiger partial charge in [0, 0.05) is 12.1 Å². The first-order valence-electron chi connectivity index (χ1n) is 5.87. The second kappa shape index (κ2) is 5.73. The van der Waals surface area contributed by atoms with Crippen molar-refractivity contribution in [2.75, 3.05) is 0 Å². The van der Waals surface area contributed by atoms with Crippen LogP contribution in [0.25, 0.3) is 0 Å². The number of nitrogens with zero attached hydrogens (tertiary/aromatic N) is 2. The Bertz CT molecular complexity index is 398. The first kappa shape index (κ1) is 15.7. The molecule has 4 nitrogen and oxygen atoms in total. The SMILES string of the molecule is CC(Oc1cnc(CNC(C)(C)C)cn1)C(F)(F)F. The molecule has 1 heterocycles.